The van der Waals surface area contributed by atoms with E-state index in [1.165, 1.54) is 6.07 Å². The number of aryl methyl sites for hydroxylation is 1. The predicted octanol–water partition coefficient (Wildman–Crippen LogP) is 3.24. The summed E-state index contributed by atoms with van der Waals surface area (Å²) in [5, 5.41) is 16.8. The molecule has 0 saturated carbocycles. The number of carbonyl (C=O) groups is 1. The Morgan fingerprint density at radius 1 is 1.43 bits per heavy atom. The van der Waals surface area contributed by atoms with Gasteiger partial charge in [0.15, 0.2) is 0 Å². The molecule has 0 heterocycles. The molecule has 116 valence electrons. The summed E-state index contributed by atoms with van der Waals surface area (Å²) in [5.74, 6) is 0.416. The van der Waals surface area contributed by atoms with E-state index in [-0.39, 0.29) is 11.6 Å². The van der Waals surface area contributed by atoms with Crippen molar-refractivity contribution in [3.8, 4) is 0 Å². The highest BCUT2D eigenvalue weighted by molar-refractivity contribution is 9.10. The van der Waals surface area contributed by atoms with Crippen LogP contribution in [0.1, 0.15) is 25.8 Å². The summed E-state index contributed by atoms with van der Waals surface area (Å²) in [6.07, 6.45) is 0.356. The number of halogens is 1. The summed E-state index contributed by atoms with van der Waals surface area (Å²) in [6.45, 7) is 6.90. The van der Waals surface area contributed by atoms with E-state index in [9.17, 15) is 14.9 Å². The van der Waals surface area contributed by atoms with Gasteiger partial charge in [-0.05, 0) is 34.8 Å². The number of carbonyl (C=O) groups excluding carboxylic acids is 1. The highest BCUT2D eigenvalue weighted by atomic mass is 79.9. The number of anilines is 1. The lowest BCUT2D eigenvalue weighted by Crippen LogP contribution is -2.28. The van der Waals surface area contributed by atoms with Gasteiger partial charge in [-0.25, -0.2) is 0 Å². The first kappa shape index (κ1) is 17.4. The number of nitrogens with zero attached hydrogens (tertiary/aromatic N) is 1. The van der Waals surface area contributed by atoms with Crippen LogP contribution in [-0.4, -0.2) is 23.9 Å². The Bertz CT molecular complexity index is 532. The number of benzene rings is 1. The largest absolute Gasteiger partial charge is 0.384 e. The first-order chi connectivity index (χ1) is 9.81. The summed E-state index contributed by atoms with van der Waals surface area (Å²) >= 11 is 3.30. The van der Waals surface area contributed by atoms with Crippen LogP contribution in [0.4, 0.5) is 11.4 Å². The van der Waals surface area contributed by atoms with E-state index in [4.69, 9.17) is 0 Å². The smallest absolute Gasteiger partial charge is 0.273 e. The molecule has 0 aliphatic carbocycles. The van der Waals surface area contributed by atoms with Gasteiger partial charge in [0, 0.05) is 41.3 Å². The molecule has 0 aliphatic heterocycles. The minimum Gasteiger partial charge on any atom is -0.384 e. The van der Waals surface area contributed by atoms with Crippen LogP contribution < -0.4 is 10.6 Å². The molecule has 0 spiro atoms. The molecule has 0 fully saturated rings. The average Bonchev–Trinajstić information content (AvgIpc) is 2.39. The van der Waals surface area contributed by atoms with Crippen LogP contribution in [0.15, 0.2) is 16.6 Å². The number of hydrogen-bond donors (Lipinski definition) is 2. The van der Waals surface area contributed by atoms with Gasteiger partial charge in [-0.1, -0.05) is 13.8 Å². The van der Waals surface area contributed by atoms with Crippen molar-refractivity contribution >= 4 is 33.2 Å². The fourth-order valence-electron chi connectivity index (χ4n) is 1.72. The van der Waals surface area contributed by atoms with E-state index in [1.54, 1.807) is 13.0 Å². The molecule has 2 N–H and O–H groups in total. The van der Waals surface area contributed by atoms with Crippen LogP contribution in [-0.2, 0) is 4.79 Å². The van der Waals surface area contributed by atoms with E-state index in [0.717, 1.165) is 5.69 Å². The van der Waals surface area contributed by atoms with Gasteiger partial charge in [-0.3, -0.25) is 14.9 Å². The monoisotopic (exact) mass is 357 g/mol. The Labute approximate surface area is 132 Å². The zero-order chi connectivity index (χ0) is 16.0. The van der Waals surface area contributed by atoms with Crippen molar-refractivity contribution in [3.63, 3.8) is 0 Å². The lowest BCUT2D eigenvalue weighted by molar-refractivity contribution is -0.385. The molecule has 0 aromatic heterocycles. The van der Waals surface area contributed by atoms with Gasteiger partial charge in [0.25, 0.3) is 5.69 Å². The number of nitro groups is 1. The molecular formula is C14H20BrN3O3. The van der Waals surface area contributed by atoms with E-state index < -0.39 is 4.92 Å². The molecule has 0 radical (unpaired) electrons. The molecule has 1 aromatic carbocycles. The zero-order valence-electron chi connectivity index (χ0n) is 12.4. The van der Waals surface area contributed by atoms with Gasteiger partial charge in [0.2, 0.25) is 5.91 Å². The van der Waals surface area contributed by atoms with Crippen LogP contribution in [0.5, 0.6) is 0 Å². The fraction of sp³-hybridized carbons (Fsp3) is 0.500. The third-order valence-corrected chi connectivity index (χ3v) is 3.51. The van der Waals surface area contributed by atoms with Crippen molar-refractivity contribution in [2.24, 2.45) is 5.92 Å². The van der Waals surface area contributed by atoms with Crippen molar-refractivity contribution in [2.75, 3.05) is 18.4 Å². The quantitative estimate of drug-likeness (QED) is 0.579. The Kier molecular flexibility index (Phi) is 6.61. The molecule has 0 aliphatic rings. The Morgan fingerprint density at radius 3 is 2.67 bits per heavy atom. The average molecular weight is 358 g/mol. The molecule has 6 nitrogen and oxygen atoms in total. The molecule has 0 bridgehead atoms. The summed E-state index contributed by atoms with van der Waals surface area (Å²) in [5.41, 5.74) is 1.40. The van der Waals surface area contributed by atoms with E-state index in [2.05, 4.69) is 26.6 Å². The normalized spacial score (nSPS) is 10.5. The van der Waals surface area contributed by atoms with Gasteiger partial charge in [-0.2, -0.15) is 0 Å². The second-order valence-corrected chi connectivity index (χ2v) is 6.10. The number of nitrogens with one attached hydrogen (secondary N) is 2. The van der Waals surface area contributed by atoms with E-state index >= 15 is 0 Å². The van der Waals surface area contributed by atoms with Gasteiger partial charge < -0.3 is 10.6 Å². The summed E-state index contributed by atoms with van der Waals surface area (Å²) in [7, 11) is 0. The van der Waals surface area contributed by atoms with Crippen LogP contribution in [0, 0.1) is 23.0 Å². The van der Waals surface area contributed by atoms with Crippen molar-refractivity contribution < 1.29 is 9.72 Å². The summed E-state index contributed by atoms with van der Waals surface area (Å²) in [6, 6.07) is 3.17. The van der Waals surface area contributed by atoms with Crippen molar-refractivity contribution in [1.82, 2.24) is 5.32 Å². The number of hydrogen-bond acceptors (Lipinski definition) is 4. The number of rotatable bonds is 7. The molecule has 0 atom stereocenters. The van der Waals surface area contributed by atoms with Gasteiger partial charge in [-0.15, -0.1) is 0 Å². The Balaban J connectivity index is 2.55. The third-order valence-electron chi connectivity index (χ3n) is 2.86. The summed E-state index contributed by atoms with van der Waals surface area (Å²) in [4.78, 5) is 22.0. The molecule has 21 heavy (non-hydrogen) atoms. The third kappa shape index (κ3) is 5.71. The van der Waals surface area contributed by atoms with E-state index in [1.807, 2.05) is 13.8 Å². The number of nitro benzene ring substituents is 1. The highest BCUT2D eigenvalue weighted by Gasteiger charge is 2.14. The predicted molar refractivity (Wildman–Crippen MR) is 86.5 cm³/mol. The summed E-state index contributed by atoms with van der Waals surface area (Å²) < 4.78 is 0.613. The van der Waals surface area contributed by atoms with Crippen LogP contribution in [0.3, 0.4) is 0 Å². The standard InChI is InChI=1S/C14H20BrN3O3/c1-9(2)8-17-14(19)4-5-16-12-6-10(3)13(18(20)21)7-11(12)15/h6-7,9,16H,4-5,8H2,1-3H3,(H,17,19). The van der Waals surface area contributed by atoms with Crippen molar-refractivity contribution in [2.45, 2.75) is 27.2 Å². The molecule has 0 saturated heterocycles. The highest BCUT2D eigenvalue weighted by Crippen LogP contribution is 2.30. The van der Waals surface area contributed by atoms with Crippen LogP contribution in [0.25, 0.3) is 0 Å². The number of amides is 1. The zero-order valence-corrected chi connectivity index (χ0v) is 14.0. The minimum absolute atomic E-state index is 0.00837. The van der Waals surface area contributed by atoms with Crippen molar-refractivity contribution in [1.29, 1.82) is 0 Å². The second-order valence-electron chi connectivity index (χ2n) is 5.25. The molecule has 7 heteroatoms. The molecule has 1 aromatic rings. The van der Waals surface area contributed by atoms with Gasteiger partial charge in [0.1, 0.15) is 0 Å². The topological polar surface area (TPSA) is 84.3 Å². The molecular weight excluding hydrogens is 338 g/mol. The maximum atomic E-state index is 11.6. The lowest BCUT2D eigenvalue weighted by atomic mass is 10.2. The van der Waals surface area contributed by atoms with Gasteiger partial charge >= 0.3 is 0 Å². The maximum Gasteiger partial charge on any atom is 0.273 e. The molecule has 1 rings (SSSR count). The Morgan fingerprint density at radius 2 is 2.10 bits per heavy atom. The first-order valence-electron chi connectivity index (χ1n) is 6.76. The van der Waals surface area contributed by atoms with Crippen LogP contribution >= 0.6 is 15.9 Å². The lowest BCUT2D eigenvalue weighted by Gasteiger charge is -2.11. The Hall–Kier alpha value is -1.63. The second kappa shape index (κ2) is 7.97. The van der Waals surface area contributed by atoms with E-state index in [0.29, 0.717) is 35.5 Å². The minimum atomic E-state index is -0.413. The maximum absolute atomic E-state index is 11.6. The fourth-order valence-corrected chi connectivity index (χ4v) is 2.19. The van der Waals surface area contributed by atoms with Gasteiger partial charge in [0.05, 0.1) is 4.92 Å². The van der Waals surface area contributed by atoms with Crippen LogP contribution in [0.2, 0.25) is 0 Å². The molecule has 1 amide bonds. The SMILES string of the molecule is Cc1cc(NCCC(=O)NCC(C)C)c(Br)cc1[N+](=O)[O-]. The molecule has 0 unspecified atom stereocenters. The van der Waals surface area contributed by atoms with Crippen molar-refractivity contribution in [3.05, 3.63) is 32.3 Å². The first-order valence-corrected chi connectivity index (χ1v) is 7.55.